The van der Waals surface area contributed by atoms with Crippen LogP contribution < -0.4 is 11.1 Å². The molecule has 0 aliphatic heterocycles. The Morgan fingerprint density at radius 1 is 0.857 bits per heavy atom. The lowest BCUT2D eigenvalue weighted by atomic mass is 10.1. The Morgan fingerprint density at radius 3 is 1.67 bits per heavy atom. The maximum absolute atomic E-state index is 12.1. The lowest BCUT2D eigenvalue weighted by Gasteiger charge is -2.06. The summed E-state index contributed by atoms with van der Waals surface area (Å²) in [4.78, 5) is 74.2. The number of halogens is 3. The van der Waals surface area contributed by atoms with Crippen molar-refractivity contribution >= 4 is 45.6 Å². The summed E-state index contributed by atoms with van der Waals surface area (Å²) >= 11 is 0. The number of carbonyl (C=O) groups is 3. The first-order valence-electron chi connectivity index (χ1n) is 11.4. The molecule has 0 aliphatic rings. The normalized spacial score (nSPS) is 11.1. The Hall–Kier alpha value is -5.68. The molecular formula is C24H21F3N6O9. The maximum Gasteiger partial charge on any atom is 0.454 e. The van der Waals surface area contributed by atoms with Crippen molar-refractivity contribution in [1.29, 1.82) is 0 Å². The number of nitrogens with one attached hydrogen (secondary N) is 2. The van der Waals surface area contributed by atoms with Crippen molar-refractivity contribution in [2.45, 2.75) is 26.9 Å². The van der Waals surface area contributed by atoms with Gasteiger partial charge in [-0.1, -0.05) is 0 Å². The molecular weight excluding hydrogens is 573 g/mol. The van der Waals surface area contributed by atoms with E-state index in [1.54, 1.807) is 6.92 Å². The van der Waals surface area contributed by atoms with Gasteiger partial charge in [-0.25, -0.2) is 19.9 Å². The van der Waals surface area contributed by atoms with E-state index in [1.165, 1.54) is 32.4 Å². The molecule has 0 saturated heterocycles. The van der Waals surface area contributed by atoms with Crippen LogP contribution in [0.2, 0.25) is 0 Å². The standard InChI is InChI=1S/C11H6F3N3O4.C9H7N3O3.C4H8O2/c12-11(13,14)5(19)3-4(18)6-8(20)7-9(17-10(6)21)16-2-1-15-7;1-4(13)5-7(14)6-8(12-9(5)15)11-3-2-10-6;1-3-6-4(2)5/h1-3,18H,(H2,16,17,20,21);2-3H,1H3,(H2,11,12,14,15);3H2,1-2H3/b4-3-;;. The average Bonchev–Trinajstić information content (AvgIpc) is 2.88. The highest BCUT2D eigenvalue weighted by atomic mass is 19.4. The first-order valence-corrected chi connectivity index (χ1v) is 11.4. The Labute approximate surface area is 231 Å². The van der Waals surface area contributed by atoms with E-state index in [-0.39, 0.29) is 39.9 Å². The van der Waals surface area contributed by atoms with Crippen LogP contribution in [-0.4, -0.2) is 75.5 Å². The van der Waals surface area contributed by atoms with E-state index in [9.17, 15) is 52.5 Å². The summed E-state index contributed by atoms with van der Waals surface area (Å²) in [6.07, 6.45) is -0.305. The monoisotopic (exact) mass is 594 g/mol. The second-order valence-electron chi connectivity index (χ2n) is 7.73. The number of hydrogen-bond acceptors (Lipinski definition) is 13. The molecule has 15 nitrogen and oxygen atoms in total. The molecule has 0 unspecified atom stereocenters. The van der Waals surface area contributed by atoms with Crippen LogP contribution in [0.4, 0.5) is 13.2 Å². The Kier molecular flexibility index (Phi) is 10.5. The van der Waals surface area contributed by atoms with Gasteiger partial charge >= 0.3 is 12.1 Å². The number of esters is 1. The van der Waals surface area contributed by atoms with Crippen molar-refractivity contribution in [2.75, 3.05) is 6.61 Å². The van der Waals surface area contributed by atoms with E-state index < -0.39 is 51.7 Å². The summed E-state index contributed by atoms with van der Waals surface area (Å²) in [5.74, 6) is -5.74. The maximum atomic E-state index is 12.1. The number of aliphatic hydroxyl groups is 1. The van der Waals surface area contributed by atoms with Gasteiger partial charge in [-0.2, -0.15) is 13.2 Å². The van der Waals surface area contributed by atoms with Crippen molar-refractivity contribution < 1.29 is 47.6 Å². The molecule has 4 aromatic heterocycles. The van der Waals surface area contributed by atoms with Gasteiger partial charge in [-0.15, -0.1) is 0 Å². The summed E-state index contributed by atoms with van der Waals surface area (Å²) in [7, 11) is 0. The zero-order valence-electron chi connectivity index (χ0n) is 21.8. The molecule has 0 fully saturated rings. The Bertz CT molecular complexity index is 1800. The third kappa shape index (κ3) is 7.93. The molecule has 0 aromatic carbocycles. The lowest BCUT2D eigenvalue weighted by Crippen LogP contribution is -2.21. The third-order valence-corrected chi connectivity index (χ3v) is 4.74. The topological polar surface area (TPSA) is 238 Å². The highest BCUT2D eigenvalue weighted by molar-refractivity contribution is 6.01. The predicted octanol–water partition coefficient (Wildman–Crippen LogP) is 1.85. The summed E-state index contributed by atoms with van der Waals surface area (Å²) in [5, 5.41) is 28.9. The van der Waals surface area contributed by atoms with E-state index in [2.05, 4.69) is 34.6 Å². The number of aromatic hydroxyl groups is 2. The van der Waals surface area contributed by atoms with Crippen LogP contribution in [-0.2, 0) is 14.3 Å². The van der Waals surface area contributed by atoms with Gasteiger partial charge < -0.3 is 30.0 Å². The largest absolute Gasteiger partial charge is 0.507 e. The predicted molar refractivity (Wildman–Crippen MR) is 138 cm³/mol. The van der Waals surface area contributed by atoms with Gasteiger partial charge in [0.25, 0.3) is 16.9 Å². The number of pyridine rings is 2. The van der Waals surface area contributed by atoms with Gasteiger partial charge in [0.1, 0.15) is 27.9 Å². The van der Waals surface area contributed by atoms with Gasteiger partial charge in [-0.05, 0) is 13.8 Å². The number of rotatable bonds is 4. The second-order valence-corrected chi connectivity index (χ2v) is 7.73. The smallest absolute Gasteiger partial charge is 0.454 e. The van der Waals surface area contributed by atoms with Crippen LogP contribution >= 0.6 is 0 Å². The van der Waals surface area contributed by atoms with E-state index in [1.807, 2.05) is 0 Å². The van der Waals surface area contributed by atoms with Crippen molar-refractivity contribution in [3.05, 3.63) is 62.7 Å². The molecule has 42 heavy (non-hydrogen) atoms. The zero-order valence-corrected chi connectivity index (χ0v) is 21.8. The van der Waals surface area contributed by atoms with Crippen LogP contribution in [0, 0.1) is 0 Å². The molecule has 0 saturated carbocycles. The number of Topliss-reactive ketones (excluding diaryl/α,β-unsaturated/α-hetero) is 1. The van der Waals surface area contributed by atoms with E-state index >= 15 is 0 Å². The van der Waals surface area contributed by atoms with Crippen LogP contribution in [0.15, 0.2) is 40.5 Å². The minimum Gasteiger partial charge on any atom is -0.507 e. The average molecular weight is 594 g/mol. The molecule has 4 heterocycles. The number of allylic oxidation sites excluding steroid dienone is 1. The van der Waals surface area contributed by atoms with Gasteiger partial charge in [0.2, 0.25) is 0 Å². The van der Waals surface area contributed by atoms with E-state index in [0.29, 0.717) is 6.61 Å². The zero-order chi connectivity index (χ0) is 31.8. The van der Waals surface area contributed by atoms with Gasteiger partial charge in [0.15, 0.2) is 28.6 Å². The van der Waals surface area contributed by atoms with Crippen molar-refractivity contribution in [2.24, 2.45) is 0 Å². The number of carbonyl (C=O) groups excluding carboxylic acids is 3. The second kappa shape index (κ2) is 13.6. The number of alkyl halides is 3. The molecule has 5 N–H and O–H groups in total. The molecule has 0 bridgehead atoms. The summed E-state index contributed by atoms with van der Waals surface area (Å²) in [6.45, 7) is 4.85. The number of aromatic nitrogens is 6. The first kappa shape index (κ1) is 32.5. The van der Waals surface area contributed by atoms with E-state index in [4.69, 9.17) is 0 Å². The number of nitrogens with zero attached hydrogens (tertiary/aromatic N) is 4. The highest BCUT2D eigenvalue weighted by Gasteiger charge is 2.37. The molecule has 4 rings (SSSR count). The fraction of sp³-hybridized carbons (Fsp3) is 0.208. The summed E-state index contributed by atoms with van der Waals surface area (Å²) < 4.78 is 40.7. The van der Waals surface area contributed by atoms with Gasteiger partial charge in [-0.3, -0.25) is 24.0 Å². The molecule has 0 radical (unpaired) electrons. The minimum absolute atomic E-state index is 0.113. The summed E-state index contributed by atoms with van der Waals surface area (Å²) in [6, 6.07) is 0. The Balaban J connectivity index is 0.000000255. The quantitative estimate of drug-likeness (QED) is 0.0982. The SMILES string of the molecule is CC(=O)c1c(O)c2nccnc2[nH]c1=O.CCOC(C)=O.O=C(/C=C(\O)c1c(O)c2nccnc2[nH]c1=O)C(F)(F)F. The van der Waals surface area contributed by atoms with Crippen LogP contribution in [0.5, 0.6) is 11.5 Å². The highest BCUT2D eigenvalue weighted by Crippen LogP contribution is 2.27. The number of aromatic amines is 2. The van der Waals surface area contributed by atoms with Crippen LogP contribution in [0.3, 0.4) is 0 Å². The van der Waals surface area contributed by atoms with E-state index in [0.717, 1.165) is 6.20 Å². The number of fused-ring (bicyclic) bond motifs is 2. The molecule has 0 amide bonds. The van der Waals surface area contributed by atoms with Gasteiger partial charge in [0, 0.05) is 37.8 Å². The number of H-pyrrole nitrogens is 2. The summed E-state index contributed by atoms with van der Waals surface area (Å²) in [5.41, 5.74) is -3.07. The Morgan fingerprint density at radius 2 is 1.29 bits per heavy atom. The fourth-order valence-corrected chi connectivity index (χ4v) is 3.04. The molecule has 4 aromatic rings. The lowest BCUT2D eigenvalue weighted by molar-refractivity contribution is -0.165. The number of ketones is 2. The van der Waals surface area contributed by atoms with Crippen LogP contribution in [0.1, 0.15) is 36.7 Å². The molecule has 0 atom stereocenters. The van der Waals surface area contributed by atoms with Crippen molar-refractivity contribution in [3.63, 3.8) is 0 Å². The number of ether oxygens (including phenoxy) is 1. The van der Waals surface area contributed by atoms with Crippen molar-refractivity contribution in [1.82, 2.24) is 29.9 Å². The van der Waals surface area contributed by atoms with Gasteiger partial charge in [0.05, 0.1) is 6.61 Å². The fourth-order valence-electron chi connectivity index (χ4n) is 3.04. The molecule has 222 valence electrons. The molecule has 0 aliphatic carbocycles. The van der Waals surface area contributed by atoms with Crippen molar-refractivity contribution in [3.8, 4) is 11.5 Å². The number of aliphatic hydroxyl groups excluding tert-OH is 1. The molecule has 0 spiro atoms. The number of hydrogen-bond donors (Lipinski definition) is 5. The first-order chi connectivity index (χ1) is 19.6. The van der Waals surface area contributed by atoms with Crippen LogP contribution in [0.25, 0.3) is 28.1 Å². The third-order valence-electron chi connectivity index (χ3n) is 4.74. The minimum atomic E-state index is -5.22. The molecule has 18 heteroatoms.